The number of aromatic hydroxyl groups is 2. The van der Waals surface area contributed by atoms with Crippen molar-refractivity contribution in [2.75, 3.05) is 12.4 Å². The molecule has 0 radical (unpaired) electrons. The zero-order valence-corrected chi connectivity index (χ0v) is 41.1. The van der Waals surface area contributed by atoms with Crippen LogP contribution in [0.15, 0.2) is 149 Å². The first-order valence-corrected chi connectivity index (χ1v) is 27.2. The Balaban J connectivity index is 1.15. The van der Waals surface area contributed by atoms with Crippen LogP contribution in [0.5, 0.6) is 17.4 Å². The smallest absolute Gasteiger partial charge is 0.297 e. The number of hydrogen-bond acceptors (Lipinski definition) is 20. The van der Waals surface area contributed by atoms with Crippen molar-refractivity contribution in [3.05, 3.63) is 114 Å². The van der Waals surface area contributed by atoms with E-state index in [0.717, 1.165) is 34.2 Å². The molecular weight excluding hydrogens is 1070 g/mol. The van der Waals surface area contributed by atoms with Crippen LogP contribution in [0.1, 0.15) is 12.0 Å². The number of phenolic OH excluding ortho intramolecular Hbond substituents is 1. The van der Waals surface area contributed by atoms with Crippen LogP contribution < -0.4 is 4.74 Å². The summed E-state index contributed by atoms with van der Waals surface area (Å²) in [6.45, 7) is 1.35. The van der Waals surface area contributed by atoms with Crippen molar-refractivity contribution in [2.45, 2.75) is 28.0 Å². The molecular formula is C42H32ClN9O15S5. The molecule has 0 atom stereocenters. The van der Waals surface area contributed by atoms with Gasteiger partial charge in [0.05, 0.1) is 33.3 Å². The number of aromatic nitrogens is 3. The summed E-state index contributed by atoms with van der Waals surface area (Å²) in [5, 5.41) is 51.5. The van der Waals surface area contributed by atoms with Crippen LogP contribution in [0, 0.1) is 6.92 Å². The summed E-state index contributed by atoms with van der Waals surface area (Å²) in [5.74, 6) is -2.02. The Bertz CT molecular complexity index is 4060. The molecule has 8 rings (SSSR count). The second kappa shape index (κ2) is 19.8. The van der Waals surface area contributed by atoms with E-state index in [1.54, 1.807) is 43.3 Å². The fourth-order valence-electron chi connectivity index (χ4n) is 6.91. The van der Waals surface area contributed by atoms with Crippen molar-refractivity contribution < 1.29 is 66.8 Å². The van der Waals surface area contributed by atoms with E-state index in [0.29, 0.717) is 15.8 Å². The zero-order valence-electron chi connectivity index (χ0n) is 36.2. The molecule has 2 heterocycles. The summed E-state index contributed by atoms with van der Waals surface area (Å²) in [6.07, 6.45) is -0.159. The SMILES string of the molecule is Cc1cc(N=Nc2ccc3c(S(=O)(=O)O)c(N=Nc4c(-c5ccccc5)nn(-c5cc(Cl)cc(S(=O)(=O)O)c5)c4O)ccc3c2O)c(OCCCS(=O)(=O)O)cc1N=Nc1nc2c(S(=O)(=O)O)cccc2s1. The topological polar surface area (TPSA) is 372 Å². The fourth-order valence-corrected chi connectivity index (χ4v) is 10.6. The van der Waals surface area contributed by atoms with Gasteiger partial charge in [0.1, 0.15) is 43.8 Å². The number of para-hydroxylation sites is 1. The number of rotatable bonds is 16. The maximum Gasteiger partial charge on any atom is 0.297 e. The maximum absolute atomic E-state index is 13.0. The second-order valence-electron chi connectivity index (χ2n) is 15.1. The summed E-state index contributed by atoms with van der Waals surface area (Å²) < 4.78 is 143. The van der Waals surface area contributed by atoms with Gasteiger partial charge in [-0.3, -0.25) is 18.2 Å². The minimum absolute atomic E-state index is 0.0145. The Labute approximate surface area is 416 Å². The molecule has 72 heavy (non-hydrogen) atoms. The number of phenols is 1. The van der Waals surface area contributed by atoms with Crippen LogP contribution in [0.25, 0.3) is 37.9 Å². The Morgan fingerprint density at radius 2 is 1.36 bits per heavy atom. The summed E-state index contributed by atoms with van der Waals surface area (Å²) in [7, 11) is -18.9. The number of fused-ring (bicyclic) bond motifs is 2. The molecule has 0 spiro atoms. The van der Waals surface area contributed by atoms with Gasteiger partial charge in [-0.15, -0.1) is 30.7 Å². The van der Waals surface area contributed by atoms with E-state index < -0.39 is 78.2 Å². The van der Waals surface area contributed by atoms with Crippen LogP contribution in [0.3, 0.4) is 0 Å². The Morgan fingerprint density at radius 1 is 0.681 bits per heavy atom. The number of thiazole rings is 1. The minimum atomic E-state index is -5.18. The van der Waals surface area contributed by atoms with E-state index in [1.807, 2.05) is 0 Å². The van der Waals surface area contributed by atoms with Crippen LogP contribution in [-0.4, -0.2) is 89.2 Å². The van der Waals surface area contributed by atoms with Gasteiger partial charge >= 0.3 is 0 Å². The van der Waals surface area contributed by atoms with E-state index in [-0.39, 0.29) is 79.4 Å². The van der Waals surface area contributed by atoms with Crippen molar-refractivity contribution in [3.8, 4) is 34.3 Å². The lowest BCUT2D eigenvalue weighted by Gasteiger charge is -2.11. The molecule has 372 valence electrons. The standard InChI is InChI=1S/C42H32ClN9O15S5/c1-22-17-32(33(67-15-6-16-69(55,56)57)21-31(22)47-50-42-44-37-34(68-42)9-5-10-35(37)71(61,62)63)48-45-29-13-12-28-27(39(29)53)11-14-30(40(28)72(64,65)66)46-49-38-36(23-7-3-2-4-8-23)51-52(41(38)54)25-18-24(43)19-26(20-25)70(58,59)60/h2-5,7-14,17-21,53-54H,6,15-16H2,1H3,(H,55,56,57)(H,58,59,60)(H,61,62,63)(H,64,65,66). The molecule has 6 N–H and O–H groups in total. The molecule has 24 nitrogen and oxygen atoms in total. The van der Waals surface area contributed by atoms with Crippen molar-refractivity contribution in [1.29, 1.82) is 0 Å². The minimum Gasteiger partial charge on any atom is -0.505 e. The van der Waals surface area contributed by atoms with Gasteiger partial charge in [-0.1, -0.05) is 65.4 Å². The highest BCUT2D eigenvalue weighted by molar-refractivity contribution is 7.86. The first-order valence-electron chi connectivity index (χ1n) is 20.1. The van der Waals surface area contributed by atoms with Crippen LogP contribution in [0.4, 0.5) is 33.6 Å². The van der Waals surface area contributed by atoms with Gasteiger partial charge in [-0.2, -0.15) is 43.5 Å². The van der Waals surface area contributed by atoms with Crippen molar-refractivity contribution in [2.24, 2.45) is 30.7 Å². The van der Waals surface area contributed by atoms with Crippen LogP contribution in [0.2, 0.25) is 5.02 Å². The molecule has 0 saturated carbocycles. The highest BCUT2D eigenvalue weighted by Crippen LogP contribution is 2.45. The lowest BCUT2D eigenvalue weighted by molar-refractivity contribution is 0.317. The quantitative estimate of drug-likeness (QED) is 0.0297. The largest absolute Gasteiger partial charge is 0.505 e. The van der Waals surface area contributed by atoms with Crippen LogP contribution in [-0.2, 0) is 40.5 Å². The predicted octanol–water partition coefficient (Wildman–Crippen LogP) is 10.3. The lowest BCUT2D eigenvalue weighted by Crippen LogP contribution is -2.08. The maximum atomic E-state index is 13.0. The molecule has 2 aromatic heterocycles. The Kier molecular flexibility index (Phi) is 14.1. The van der Waals surface area contributed by atoms with Gasteiger partial charge in [0.25, 0.3) is 40.5 Å². The molecule has 6 aromatic carbocycles. The number of azo groups is 3. The molecule has 0 saturated heterocycles. The van der Waals surface area contributed by atoms with E-state index in [1.165, 1.54) is 48.5 Å². The van der Waals surface area contributed by atoms with Gasteiger partial charge in [-0.05, 0) is 73.5 Å². The van der Waals surface area contributed by atoms with Crippen molar-refractivity contribution in [1.82, 2.24) is 14.8 Å². The number of benzene rings is 6. The zero-order chi connectivity index (χ0) is 51.9. The third-order valence-electron chi connectivity index (χ3n) is 10.1. The number of aryl methyl sites for hydroxylation is 1. The molecule has 0 amide bonds. The number of ether oxygens (including phenoxy) is 1. The normalized spacial score (nSPS) is 12.9. The average molecular weight is 1100 g/mol. The molecule has 0 aliphatic rings. The first-order chi connectivity index (χ1) is 33.9. The molecule has 0 fully saturated rings. The third-order valence-corrected chi connectivity index (χ3v) is 14.7. The molecule has 0 aliphatic carbocycles. The molecule has 8 aromatic rings. The Hall–Kier alpha value is -7.19. The monoisotopic (exact) mass is 1100 g/mol. The number of nitrogens with zero attached hydrogens (tertiary/aromatic N) is 9. The van der Waals surface area contributed by atoms with Gasteiger partial charge in [0.2, 0.25) is 11.0 Å². The van der Waals surface area contributed by atoms with E-state index >= 15 is 0 Å². The highest BCUT2D eigenvalue weighted by atomic mass is 35.5. The Morgan fingerprint density at radius 3 is 2.06 bits per heavy atom. The molecule has 30 heteroatoms. The number of hydrogen-bond donors (Lipinski definition) is 6. The first kappa shape index (κ1) is 51.2. The van der Waals surface area contributed by atoms with E-state index in [2.05, 4.69) is 40.8 Å². The summed E-state index contributed by atoms with van der Waals surface area (Å²) >= 11 is 7.12. The molecule has 0 unspecified atom stereocenters. The summed E-state index contributed by atoms with van der Waals surface area (Å²) in [6, 6.07) is 23.0. The molecule has 0 aliphatic heterocycles. The van der Waals surface area contributed by atoms with Crippen molar-refractivity contribution >= 4 is 118 Å². The van der Waals surface area contributed by atoms with Gasteiger partial charge in [0, 0.05) is 27.4 Å². The van der Waals surface area contributed by atoms with Gasteiger partial charge < -0.3 is 14.9 Å². The van der Waals surface area contributed by atoms with Gasteiger partial charge in [-0.25, -0.2) is 4.98 Å². The summed E-state index contributed by atoms with van der Waals surface area (Å²) in [5.41, 5.74) is -0.246. The number of halogens is 1. The third kappa shape index (κ3) is 11.3. The van der Waals surface area contributed by atoms with E-state index in [4.69, 9.17) is 16.3 Å². The van der Waals surface area contributed by atoms with Gasteiger partial charge in [0.15, 0.2) is 11.4 Å². The lowest BCUT2D eigenvalue weighted by atomic mass is 10.1. The molecule has 0 bridgehead atoms. The average Bonchev–Trinajstić information content (AvgIpc) is 3.88. The predicted molar refractivity (Wildman–Crippen MR) is 261 cm³/mol. The van der Waals surface area contributed by atoms with E-state index in [9.17, 15) is 62.1 Å². The second-order valence-corrected chi connectivity index (χ2v) is 22.3. The van der Waals surface area contributed by atoms with Crippen molar-refractivity contribution in [3.63, 3.8) is 0 Å². The van der Waals surface area contributed by atoms with Crippen LogP contribution >= 0.6 is 22.9 Å². The fraction of sp³-hybridized carbons (Fsp3) is 0.0952. The summed E-state index contributed by atoms with van der Waals surface area (Å²) in [4.78, 5) is 2.31. The highest BCUT2D eigenvalue weighted by Gasteiger charge is 2.26.